The Bertz CT molecular complexity index is 743. The number of nitrogens with one attached hydrogen (secondary N) is 1. The van der Waals surface area contributed by atoms with Gasteiger partial charge in [0.25, 0.3) is 5.91 Å². The minimum absolute atomic E-state index is 0.0478. The van der Waals surface area contributed by atoms with E-state index in [1.807, 2.05) is 13.8 Å². The quantitative estimate of drug-likeness (QED) is 0.809. The second-order valence-corrected chi connectivity index (χ2v) is 7.90. The van der Waals surface area contributed by atoms with Crippen LogP contribution >= 0.6 is 0 Å². The van der Waals surface area contributed by atoms with Crippen molar-refractivity contribution in [2.24, 2.45) is 0 Å². The molecule has 1 aromatic carbocycles. The Balaban J connectivity index is 1.90. The normalized spacial score (nSPS) is 22.5. The zero-order chi connectivity index (χ0) is 21.2. The lowest BCUT2D eigenvalue weighted by Crippen LogP contribution is -2.57. The number of hydrogen-bond donors (Lipinski definition) is 1. The van der Waals surface area contributed by atoms with Crippen LogP contribution in [0.2, 0.25) is 0 Å². The van der Waals surface area contributed by atoms with Crippen molar-refractivity contribution < 1.29 is 27.5 Å². The van der Waals surface area contributed by atoms with Gasteiger partial charge in [0, 0.05) is 11.6 Å². The van der Waals surface area contributed by atoms with E-state index in [1.165, 1.54) is 17.0 Å². The van der Waals surface area contributed by atoms with E-state index in [0.29, 0.717) is 12.8 Å². The summed E-state index contributed by atoms with van der Waals surface area (Å²) in [4.78, 5) is 27.7. The second-order valence-electron chi connectivity index (χ2n) is 7.90. The van der Waals surface area contributed by atoms with Gasteiger partial charge in [0.2, 0.25) is 5.91 Å². The van der Waals surface area contributed by atoms with Gasteiger partial charge < -0.3 is 10.1 Å². The fraction of sp³-hybridized carbons (Fsp3) is 0.619. The number of carbonyl (C=O) groups excluding carboxylic acids is 2. The molecule has 0 unspecified atom stereocenters. The maximum Gasteiger partial charge on any atom is 0.416 e. The molecule has 160 valence electrons. The van der Waals surface area contributed by atoms with Gasteiger partial charge in [-0.3, -0.25) is 14.5 Å². The standard InChI is InChI=1S/C21H27F3N2O3/c1-3-14(2)25-18(27)17-13-29-20(11-5-4-6-12-20)26(17)19(28)15-7-9-16(10-8-15)21(22,23)24/h7-10,14,17H,3-6,11-13H2,1-2H3,(H,25,27)/t14-,17+/m1/s1. The van der Waals surface area contributed by atoms with Crippen LogP contribution in [0.4, 0.5) is 13.2 Å². The Morgan fingerprint density at radius 1 is 1.21 bits per heavy atom. The molecule has 2 atom stereocenters. The number of nitrogens with zero attached hydrogens (tertiary/aromatic N) is 1. The van der Waals surface area contributed by atoms with Crippen molar-refractivity contribution in [3.8, 4) is 0 Å². The van der Waals surface area contributed by atoms with Crippen LogP contribution in [0, 0.1) is 0 Å². The van der Waals surface area contributed by atoms with Crippen molar-refractivity contribution in [2.45, 2.75) is 76.4 Å². The van der Waals surface area contributed by atoms with Crippen LogP contribution < -0.4 is 5.32 Å². The summed E-state index contributed by atoms with van der Waals surface area (Å²) >= 11 is 0. The van der Waals surface area contributed by atoms with Crippen molar-refractivity contribution in [2.75, 3.05) is 6.61 Å². The highest BCUT2D eigenvalue weighted by Gasteiger charge is 2.53. The second kappa shape index (κ2) is 8.34. The molecule has 0 aromatic heterocycles. The molecular formula is C21H27F3N2O3. The van der Waals surface area contributed by atoms with Crippen molar-refractivity contribution in [3.05, 3.63) is 35.4 Å². The molecule has 1 heterocycles. The van der Waals surface area contributed by atoms with E-state index in [1.54, 1.807) is 0 Å². The molecule has 2 fully saturated rings. The molecule has 2 amide bonds. The number of hydrogen-bond acceptors (Lipinski definition) is 3. The summed E-state index contributed by atoms with van der Waals surface area (Å²) in [6, 6.07) is 3.29. The van der Waals surface area contributed by atoms with Crippen LogP contribution in [0.15, 0.2) is 24.3 Å². The topological polar surface area (TPSA) is 58.6 Å². The van der Waals surface area contributed by atoms with Gasteiger partial charge in [-0.25, -0.2) is 0 Å². The molecule has 1 N–H and O–H groups in total. The van der Waals surface area contributed by atoms with Crippen LogP contribution in [0.3, 0.4) is 0 Å². The number of alkyl halides is 3. The van der Waals surface area contributed by atoms with Gasteiger partial charge >= 0.3 is 6.18 Å². The number of benzene rings is 1. The molecule has 1 aliphatic heterocycles. The molecule has 1 aromatic rings. The summed E-state index contributed by atoms with van der Waals surface area (Å²) in [5, 5.41) is 2.90. The lowest BCUT2D eigenvalue weighted by Gasteiger charge is -2.41. The number of rotatable bonds is 4. The molecule has 2 aliphatic rings. The highest BCUT2D eigenvalue weighted by molar-refractivity contribution is 5.98. The average molecular weight is 412 g/mol. The van der Waals surface area contributed by atoms with Crippen LogP contribution in [0.5, 0.6) is 0 Å². The van der Waals surface area contributed by atoms with Crippen LogP contribution in [-0.2, 0) is 15.7 Å². The summed E-state index contributed by atoms with van der Waals surface area (Å²) in [6.45, 7) is 3.92. The molecule has 0 radical (unpaired) electrons. The first kappa shape index (κ1) is 21.6. The number of halogens is 3. The zero-order valence-corrected chi connectivity index (χ0v) is 16.7. The third kappa shape index (κ3) is 4.42. The minimum atomic E-state index is -4.47. The summed E-state index contributed by atoms with van der Waals surface area (Å²) in [5.74, 6) is -0.760. The predicted molar refractivity (Wildman–Crippen MR) is 101 cm³/mol. The average Bonchev–Trinajstić information content (AvgIpc) is 3.05. The Hall–Kier alpha value is -2.09. The first-order valence-electron chi connectivity index (χ1n) is 10.1. The molecule has 1 aliphatic carbocycles. The Morgan fingerprint density at radius 2 is 1.83 bits per heavy atom. The lowest BCUT2D eigenvalue weighted by atomic mass is 9.89. The highest BCUT2D eigenvalue weighted by Crippen LogP contribution is 2.41. The number of amides is 2. The zero-order valence-electron chi connectivity index (χ0n) is 16.7. The van der Waals surface area contributed by atoms with E-state index in [0.717, 1.165) is 37.8 Å². The Morgan fingerprint density at radius 3 is 2.38 bits per heavy atom. The SMILES string of the molecule is CC[C@@H](C)NC(=O)[C@@H]1COC2(CCCCC2)N1C(=O)c1ccc(C(F)(F)F)cc1. The molecular weight excluding hydrogens is 385 g/mol. The van der Waals surface area contributed by atoms with Gasteiger partial charge in [0.15, 0.2) is 0 Å². The largest absolute Gasteiger partial charge is 0.416 e. The molecule has 1 saturated heterocycles. The van der Waals surface area contributed by atoms with E-state index in [-0.39, 0.29) is 24.1 Å². The van der Waals surface area contributed by atoms with Crippen molar-refractivity contribution in [3.63, 3.8) is 0 Å². The van der Waals surface area contributed by atoms with Crippen LogP contribution in [0.25, 0.3) is 0 Å². The van der Waals surface area contributed by atoms with E-state index >= 15 is 0 Å². The maximum atomic E-state index is 13.3. The van der Waals surface area contributed by atoms with E-state index in [4.69, 9.17) is 4.74 Å². The van der Waals surface area contributed by atoms with Gasteiger partial charge in [-0.1, -0.05) is 13.3 Å². The summed E-state index contributed by atoms with van der Waals surface area (Å²) in [5.41, 5.74) is -1.56. The van der Waals surface area contributed by atoms with Gasteiger partial charge in [-0.05, 0) is 63.3 Å². The van der Waals surface area contributed by atoms with Crippen LogP contribution in [-0.4, -0.2) is 41.1 Å². The summed E-state index contributed by atoms with van der Waals surface area (Å²) in [6.07, 6.45) is 0.280. The highest BCUT2D eigenvalue weighted by atomic mass is 19.4. The third-order valence-electron chi connectivity index (χ3n) is 5.88. The van der Waals surface area contributed by atoms with Crippen LogP contribution in [0.1, 0.15) is 68.3 Å². The Kier molecular flexibility index (Phi) is 6.22. The van der Waals surface area contributed by atoms with Crippen molar-refractivity contribution in [1.29, 1.82) is 0 Å². The number of carbonyl (C=O) groups is 2. The molecule has 5 nitrogen and oxygen atoms in total. The Labute approximate surface area is 168 Å². The first-order chi connectivity index (χ1) is 13.7. The molecule has 0 bridgehead atoms. The summed E-state index contributed by atoms with van der Waals surface area (Å²) in [7, 11) is 0. The van der Waals surface area contributed by atoms with Crippen molar-refractivity contribution in [1.82, 2.24) is 10.2 Å². The molecule has 1 saturated carbocycles. The van der Waals surface area contributed by atoms with E-state index < -0.39 is 29.4 Å². The lowest BCUT2D eigenvalue weighted by molar-refractivity contribution is -0.137. The molecule has 8 heteroatoms. The van der Waals surface area contributed by atoms with E-state index in [2.05, 4.69) is 5.32 Å². The van der Waals surface area contributed by atoms with E-state index in [9.17, 15) is 22.8 Å². The fourth-order valence-corrected chi connectivity index (χ4v) is 4.05. The maximum absolute atomic E-state index is 13.3. The van der Waals surface area contributed by atoms with Gasteiger partial charge in [-0.15, -0.1) is 0 Å². The molecule has 29 heavy (non-hydrogen) atoms. The predicted octanol–water partition coefficient (Wildman–Crippen LogP) is 4.12. The molecule has 1 spiro atoms. The van der Waals surface area contributed by atoms with Gasteiger partial charge in [0.05, 0.1) is 12.2 Å². The fourth-order valence-electron chi connectivity index (χ4n) is 4.05. The third-order valence-corrected chi connectivity index (χ3v) is 5.88. The molecule has 3 rings (SSSR count). The first-order valence-corrected chi connectivity index (χ1v) is 10.1. The number of ether oxygens (including phenoxy) is 1. The van der Waals surface area contributed by atoms with Gasteiger partial charge in [-0.2, -0.15) is 13.2 Å². The summed E-state index contributed by atoms with van der Waals surface area (Å²) < 4.78 is 44.6. The van der Waals surface area contributed by atoms with Gasteiger partial charge in [0.1, 0.15) is 11.8 Å². The van der Waals surface area contributed by atoms with Crippen molar-refractivity contribution >= 4 is 11.8 Å². The minimum Gasteiger partial charge on any atom is -0.353 e. The smallest absolute Gasteiger partial charge is 0.353 e. The monoisotopic (exact) mass is 412 g/mol.